The van der Waals surface area contributed by atoms with Gasteiger partial charge in [0.05, 0.1) is 6.61 Å². The summed E-state index contributed by atoms with van der Waals surface area (Å²) < 4.78 is 5.01. The molecule has 5 heteroatoms. The molecule has 0 amide bonds. The van der Waals surface area contributed by atoms with E-state index in [0.717, 1.165) is 0 Å². The van der Waals surface area contributed by atoms with Gasteiger partial charge in [-0.1, -0.05) is 30.3 Å². The molecule has 0 fully saturated rings. The van der Waals surface area contributed by atoms with Crippen molar-refractivity contribution >= 4 is 18.2 Å². The minimum atomic E-state index is -1.52. The maximum absolute atomic E-state index is 12.2. The molecule has 0 aliphatic carbocycles. The second-order valence-corrected chi connectivity index (χ2v) is 4.37. The van der Waals surface area contributed by atoms with Crippen molar-refractivity contribution in [2.45, 2.75) is 18.4 Å². The smallest absolute Gasteiger partial charge is 0.339 e. The maximum atomic E-state index is 12.2. The molecule has 0 aromatic heterocycles. The zero-order chi connectivity index (χ0) is 14.6. The molecule has 1 N–H and O–H groups in total. The third kappa shape index (κ3) is 2.34. The fraction of sp³-hybridized carbons (Fsp3) is 0.267. The van der Waals surface area contributed by atoms with Gasteiger partial charge in [0.2, 0.25) is 0 Å². The number of allylic oxidation sites excluding steroid dienone is 1. The van der Waals surface area contributed by atoms with Gasteiger partial charge in [-0.05, 0) is 24.6 Å². The van der Waals surface area contributed by atoms with Crippen molar-refractivity contribution in [3.63, 3.8) is 0 Å². The van der Waals surface area contributed by atoms with Gasteiger partial charge in [-0.3, -0.25) is 9.79 Å². The van der Waals surface area contributed by atoms with Crippen LogP contribution in [0.2, 0.25) is 0 Å². The van der Waals surface area contributed by atoms with Crippen molar-refractivity contribution in [1.29, 1.82) is 0 Å². The van der Waals surface area contributed by atoms with Crippen LogP contribution in [0, 0.1) is 0 Å². The lowest BCUT2D eigenvalue weighted by atomic mass is 9.80. The van der Waals surface area contributed by atoms with E-state index >= 15 is 0 Å². The van der Waals surface area contributed by atoms with Gasteiger partial charge in [0.1, 0.15) is 5.92 Å². The Morgan fingerprint density at radius 1 is 1.35 bits per heavy atom. The van der Waals surface area contributed by atoms with Crippen LogP contribution in [0.25, 0.3) is 0 Å². The number of nitrogens with zero attached hydrogens (tertiary/aromatic N) is 1. The molecule has 104 valence electrons. The summed E-state index contributed by atoms with van der Waals surface area (Å²) in [5.74, 6) is -2.88. The quantitative estimate of drug-likeness (QED) is 0.830. The molecule has 0 saturated carbocycles. The predicted molar refractivity (Wildman–Crippen MR) is 73.8 cm³/mol. The molecule has 5 nitrogen and oxygen atoms in total. The van der Waals surface area contributed by atoms with E-state index in [1.165, 1.54) is 12.3 Å². The Kier molecular flexibility index (Phi) is 3.98. The highest BCUT2D eigenvalue weighted by Gasteiger charge is 2.50. The van der Waals surface area contributed by atoms with Crippen LogP contribution in [0.1, 0.15) is 18.4 Å². The van der Waals surface area contributed by atoms with Gasteiger partial charge in [-0.25, -0.2) is 4.79 Å². The highest BCUT2D eigenvalue weighted by Crippen LogP contribution is 2.36. The van der Waals surface area contributed by atoms with Gasteiger partial charge >= 0.3 is 11.9 Å². The second-order valence-electron chi connectivity index (χ2n) is 4.37. The van der Waals surface area contributed by atoms with Crippen LogP contribution >= 0.6 is 0 Å². The molecule has 20 heavy (non-hydrogen) atoms. The van der Waals surface area contributed by atoms with Gasteiger partial charge in [0.25, 0.3) is 0 Å². The number of esters is 1. The number of carbonyl (C=O) groups excluding carboxylic acids is 1. The zero-order valence-corrected chi connectivity index (χ0v) is 11.0. The molecule has 1 aromatic rings. The molecule has 1 aliphatic heterocycles. The van der Waals surface area contributed by atoms with Crippen molar-refractivity contribution in [3.05, 3.63) is 48.0 Å². The van der Waals surface area contributed by atoms with E-state index in [1.54, 1.807) is 43.3 Å². The molecule has 0 radical (unpaired) electrons. The third-order valence-corrected chi connectivity index (χ3v) is 3.15. The number of hydrogen-bond acceptors (Lipinski definition) is 4. The summed E-state index contributed by atoms with van der Waals surface area (Å²) in [5, 5.41) is 9.55. The minimum Gasteiger partial charge on any atom is -0.481 e. The lowest BCUT2D eigenvalue weighted by Crippen LogP contribution is -2.44. The molecule has 2 atom stereocenters. The Morgan fingerprint density at radius 3 is 2.55 bits per heavy atom. The van der Waals surface area contributed by atoms with Crippen LogP contribution in [0.4, 0.5) is 0 Å². The minimum absolute atomic E-state index is 0.172. The van der Waals surface area contributed by atoms with Crippen LogP contribution in [0.5, 0.6) is 0 Å². The Hall–Kier alpha value is -2.43. The molecule has 2 unspecified atom stereocenters. The first-order valence-corrected chi connectivity index (χ1v) is 6.30. The Morgan fingerprint density at radius 2 is 2.05 bits per heavy atom. The summed E-state index contributed by atoms with van der Waals surface area (Å²) in [7, 11) is 0. The van der Waals surface area contributed by atoms with Crippen LogP contribution in [-0.2, 0) is 14.3 Å². The highest BCUT2D eigenvalue weighted by molar-refractivity contribution is 5.98. The fourth-order valence-electron chi connectivity index (χ4n) is 2.29. The number of hydrogen-bond donors (Lipinski definition) is 1. The lowest BCUT2D eigenvalue weighted by Gasteiger charge is -2.28. The number of carbonyl (C=O) groups is 2. The van der Waals surface area contributed by atoms with Crippen LogP contribution in [0.15, 0.2) is 47.5 Å². The van der Waals surface area contributed by atoms with Gasteiger partial charge in [-0.2, -0.15) is 0 Å². The van der Waals surface area contributed by atoms with Crippen LogP contribution in [-0.4, -0.2) is 35.4 Å². The summed E-state index contributed by atoms with van der Waals surface area (Å²) in [6.45, 7) is 1.84. The molecule has 1 heterocycles. The van der Waals surface area contributed by atoms with E-state index < -0.39 is 23.4 Å². The molecule has 1 aromatic carbocycles. The molecule has 0 bridgehead atoms. The van der Waals surface area contributed by atoms with Gasteiger partial charge in [-0.15, -0.1) is 0 Å². The van der Waals surface area contributed by atoms with E-state index in [1.807, 2.05) is 0 Å². The SMILES string of the molecule is CCOC(=O)C1(C(C(=O)O)c2ccccc2)C=CC=N1. The third-order valence-electron chi connectivity index (χ3n) is 3.15. The predicted octanol–water partition coefficient (Wildman–Crippen LogP) is 1.80. The van der Waals surface area contributed by atoms with Crippen molar-refractivity contribution in [3.8, 4) is 0 Å². The molecular weight excluding hydrogens is 258 g/mol. The first-order valence-electron chi connectivity index (χ1n) is 6.30. The zero-order valence-electron chi connectivity index (χ0n) is 11.0. The first kappa shape index (κ1) is 14.0. The van der Waals surface area contributed by atoms with E-state index in [9.17, 15) is 14.7 Å². The number of aliphatic imine (C=N–C) groups is 1. The second kappa shape index (κ2) is 5.69. The van der Waals surface area contributed by atoms with Crippen molar-refractivity contribution in [2.24, 2.45) is 4.99 Å². The summed E-state index contributed by atoms with van der Waals surface area (Å²) >= 11 is 0. The monoisotopic (exact) mass is 273 g/mol. The highest BCUT2D eigenvalue weighted by atomic mass is 16.5. The summed E-state index contributed by atoms with van der Waals surface area (Å²) in [6.07, 6.45) is 4.47. The summed E-state index contributed by atoms with van der Waals surface area (Å²) in [5.41, 5.74) is -1.01. The number of rotatable bonds is 5. The maximum Gasteiger partial charge on any atom is 0.339 e. The average Bonchev–Trinajstić information content (AvgIpc) is 2.90. The summed E-state index contributed by atoms with van der Waals surface area (Å²) in [6, 6.07) is 8.58. The van der Waals surface area contributed by atoms with E-state index in [0.29, 0.717) is 5.56 Å². The fourth-order valence-corrected chi connectivity index (χ4v) is 2.29. The molecule has 2 rings (SSSR count). The Labute approximate surface area is 116 Å². The van der Waals surface area contributed by atoms with Crippen LogP contribution in [0.3, 0.4) is 0 Å². The van der Waals surface area contributed by atoms with Crippen molar-refractivity contribution in [1.82, 2.24) is 0 Å². The largest absolute Gasteiger partial charge is 0.481 e. The molecule has 0 saturated heterocycles. The van der Waals surface area contributed by atoms with E-state index in [4.69, 9.17) is 4.74 Å². The number of ether oxygens (including phenoxy) is 1. The topological polar surface area (TPSA) is 76.0 Å². The number of benzene rings is 1. The average molecular weight is 273 g/mol. The van der Waals surface area contributed by atoms with Gasteiger partial charge in [0.15, 0.2) is 5.54 Å². The van der Waals surface area contributed by atoms with E-state index in [2.05, 4.69) is 4.99 Å². The lowest BCUT2D eigenvalue weighted by molar-refractivity contribution is -0.153. The first-order chi connectivity index (χ1) is 9.62. The molecule has 0 spiro atoms. The number of aliphatic carboxylic acids is 1. The standard InChI is InChI=1S/C15H15NO4/c1-2-20-14(19)15(9-6-10-16-15)12(13(17)18)11-7-4-3-5-8-11/h3-10,12H,2H2,1H3,(H,17,18). The molecule has 1 aliphatic rings. The summed E-state index contributed by atoms with van der Waals surface area (Å²) in [4.78, 5) is 28.0. The number of carboxylic acids is 1. The Bertz CT molecular complexity index is 550. The van der Waals surface area contributed by atoms with Crippen molar-refractivity contribution in [2.75, 3.05) is 6.61 Å². The Balaban J connectivity index is 2.50. The van der Waals surface area contributed by atoms with Crippen LogP contribution < -0.4 is 0 Å². The number of carboxylic acid groups (broad SMARTS) is 1. The van der Waals surface area contributed by atoms with Gasteiger partial charge < -0.3 is 9.84 Å². The van der Waals surface area contributed by atoms with Gasteiger partial charge in [0, 0.05) is 6.21 Å². The van der Waals surface area contributed by atoms with Crippen molar-refractivity contribution < 1.29 is 19.4 Å². The normalized spacial score (nSPS) is 21.6. The van der Waals surface area contributed by atoms with E-state index in [-0.39, 0.29) is 6.61 Å². The molecular formula is C15H15NO4.